The largest absolute Gasteiger partial charge is 0.481 e. The molecule has 0 radical (unpaired) electrons. The Morgan fingerprint density at radius 2 is 1.79 bits per heavy atom. The van der Waals surface area contributed by atoms with Crippen LogP contribution in [0.1, 0.15) is 99.3 Å². The van der Waals surface area contributed by atoms with Crippen LogP contribution in [0.3, 0.4) is 0 Å². The Kier molecular flexibility index (Phi) is 6.47. The van der Waals surface area contributed by atoms with Crippen LogP contribution >= 0.6 is 0 Å². The number of fused-ring (bicyclic) bond motifs is 5. The van der Waals surface area contributed by atoms with Gasteiger partial charge in [-0.3, -0.25) is 4.79 Å². The lowest BCUT2D eigenvalue weighted by Gasteiger charge is -2.64. The smallest absolute Gasteiger partial charge is 0.307 e. The summed E-state index contributed by atoms with van der Waals surface area (Å²) in [5.74, 6) is 1.57. The van der Waals surface area contributed by atoms with Gasteiger partial charge in [0.1, 0.15) is 0 Å². The first-order chi connectivity index (χ1) is 15.3. The second-order valence-electron chi connectivity index (χ2n) is 13.5. The summed E-state index contributed by atoms with van der Waals surface area (Å²) in [6, 6.07) is 0. The van der Waals surface area contributed by atoms with Crippen molar-refractivity contribution < 1.29 is 15.0 Å². The van der Waals surface area contributed by atoms with Crippen molar-refractivity contribution in [1.82, 2.24) is 0 Å². The lowest BCUT2D eigenvalue weighted by Crippen LogP contribution is -2.58. The highest BCUT2D eigenvalue weighted by molar-refractivity contribution is 5.71. The van der Waals surface area contributed by atoms with Crippen LogP contribution < -0.4 is 0 Å². The lowest BCUT2D eigenvalue weighted by molar-refractivity contribution is -0.163. The van der Waals surface area contributed by atoms with E-state index in [9.17, 15) is 15.0 Å². The van der Waals surface area contributed by atoms with Gasteiger partial charge in [-0.25, -0.2) is 0 Å². The van der Waals surface area contributed by atoms with Crippen LogP contribution in [0.5, 0.6) is 0 Å². The molecular formula is C30H48O3. The molecule has 0 bridgehead atoms. The Morgan fingerprint density at radius 3 is 2.42 bits per heavy atom. The Morgan fingerprint density at radius 1 is 1.09 bits per heavy atom. The van der Waals surface area contributed by atoms with E-state index < -0.39 is 5.97 Å². The number of hydrogen-bond donors (Lipinski definition) is 2. The molecule has 0 aliphatic heterocycles. The van der Waals surface area contributed by atoms with Gasteiger partial charge in [-0.15, -0.1) is 0 Å². The van der Waals surface area contributed by atoms with Gasteiger partial charge < -0.3 is 10.2 Å². The number of aliphatic hydroxyl groups is 1. The zero-order valence-electron chi connectivity index (χ0n) is 22.0. The van der Waals surface area contributed by atoms with Gasteiger partial charge in [0.15, 0.2) is 0 Å². The molecule has 186 valence electrons. The van der Waals surface area contributed by atoms with Gasteiger partial charge in [0, 0.05) is 0 Å². The van der Waals surface area contributed by atoms with Crippen molar-refractivity contribution in [3.8, 4) is 0 Å². The molecule has 0 aromatic heterocycles. The Labute approximate surface area is 202 Å². The molecular weight excluding hydrogens is 408 g/mol. The summed E-state index contributed by atoms with van der Waals surface area (Å²) >= 11 is 0. The van der Waals surface area contributed by atoms with Crippen molar-refractivity contribution >= 4 is 5.97 Å². The molecule has 9 unspecified atom stereocenters. The Bertz CT molecular complexity index is 824. The predicted molar refractivity (Wildman–Crippen MR) is 135 cm³/mol. The number of carbonyl (C=O) groups is 1. The molecule has 3 saturated carbocycles. The van der Waals surface area contributed by atoms with Crippen molar-refractivity contribution in [3.63, 3.8) is 0 Å². The average molecular weight is 457 g/mol. The molecule has 0 aromatic carbocycles. The highest BCUT2D eigenvalue weighted by atomic mass is 16.4. The van der Waals surface area contributed by atoms with E-state index in [0.717, 1.165) is 50.5 Å². The Hall–Kier alpha value is -1.09. The molecule has 2 N–H and O–H groups in total. The first-order valence-electron chi connectivity index (χ1n) is 13.6. The highest BCUT2D eigenvalue weighted by Crippen LogP contribution is 2.69. The highest BCUT2D eigenvalue weighted by Gasteiger charge is 2.62. The van der Waals surface area contributed by atoms with Crippen molar-refractivity contribution in [1.29, 1.82) is 0 Å². The average Bonchev–Trinajstić information content (AvgIpc) is 3.08. The van der Waals surface area contributed by atoms with Crippen LogP contribution in [0.4, 0.5) is 0 Å². The Balaban J connectivity index is 1.60. The van der Waals surface area contributed by atoms with Crippen molar-refractivity contribution in [2.24, 2.45) is 51.8 Å². The van der Waals surface area contributed by atoms with Crippen molar-refractivity contribution in [3.05, 3.63) is 23.8 Å². The van der Waals surface area contributed by atoms with Crippen molar-refractivity contribution in [2.45, 2.75) is 105 Å². The molecule has 4 aliphatic carbocycles. The summed E-state index contributed by atoms with van der Waals surface area (Å²) in [5, 5.41) is 21.0. The molecule has 0 spiro atoms. The van der Waals surface area contributed by atoms with Gasteiger partial charge in [0.2, 0.25) is 0 Å². The second kappa shape index (κ2) is 8.54. The SMILES string of the molecule is C=C(C)C(C)CCC(C(=O)O)C1CCC2(C)C1=CCC1C2CCC2C(C)(C)C(O)CCC12C. The zero-order chi connectivity index (χ0) is 24.3. The van der Waals surface area contributed by atoms with Gasteiger partial charge in [-0.2, -0.15) is 0 Å². The summed E-state index contributed by atoms with van der Waals surface area (Å²) in [6.07, 6.45) is 11.7. The lowest BCUT2D eigenvalue weighted by atomic mass is 9.41. The number of carboxylic acid groups (broad SMARTS) is 1. The summed E-state index contributed by atoms with van der Waals surface area (Å²) in [4.78, 5) is 12.4. The topological polar surface area (TPSA) is 57.5 Å². The number of carboxylic acids is 1. The number of rotatable bonds is 6. The summed E-state index contributed by atoms with van der Waals surface area (Å²) < 4.78 is 0. The minimum absolute atomic E-state index is 0.0184. The van der Waals surface area contributed by atoms with E-state index in [4.69, 9.17) is 0 Å². The van der Waals surface area contributed by atoms with Crippen molar-refractivity contribution in [2.75, 3.05) is 0 Å². The zero-order valence-corrected chi connectivity index (χ0v) is 22.0. The van der Waals surface area contributed by atoms with Crippen LogP contribution in [0.15, 0.2) is 23.8 Å². The van der Waals surface area contributed by atoms with E-state index in [1.54, 1.807) is 0 Å². The maximum atomic E-state index is 12.4. The molecule has 0 amide bonds. The third-order valence-electron chi connectivity index (χ3n) is 11.6. The van der Waals surface area contributed by atoms with Gasteiger partial charge in [-0.05, 0) is 111 Å². The minimum Gasteiger partial charge on any atom is -0.481 e. The van der Waals surface area contributed by atoms with Crippen LogP contribution in [0.25, 0.3) is 0 Å². The standard InChI is InChI=1S/C30H48O3/c1-18(2)19(3)8-9-21(27(32)33)20-14-16-29(6)22(20)10-11-24-23(29)12-13-25-28(4,5)26(31)15-17-30(24,25)7/h10,19-21,23-26,31H,1,8-9,11-17H2,2-7H3,(H,32,33). The molecule has 0 saturated heterocycles. The van der Waals surface area contributed by atoms with E-state index >= 15 is 0 Å². The van der Waals surface area contributed by atoms with E-state index in [2.05, 4.69) is 54.2 Å². The fourth-order valence-electron chi connectivity index (χ4n) is 9.23. The summed E-state index contributed by atoms with van der Waals surface area (Å²) in [6.45, 7) is 17.9. The van der Waals surface area contributed by atoms with E-state index in [1.165, 1.54) is 18.4 Å². The maximum absolute atomic E-state index is 12.4. The first kappa shape index (κ1) is 25.0. The van der Waals surface area contributed by atoms with Crippen LogP contribution in [-0.4, -0.2) is 22.3 Å². The number of aliphatic carboxylic acids is 1. The van der Waals surface area contributed by atoms with Gasteiger partial charge in [0.25, 0.3) is 0 Å². The molecule has 4 aliphatic rings. The molecule has 9 atom stereocenters. The number of allylic oxidation sites excluding steroid dienone is 3. The summed E-state index contributed by atoms with van der Waals surface area (Å²) in [5.41, 5.74) is 3.04. The number of hydrogen-bond acceptors (Lipinski definition) is 2. The maximum Gasteiger partial charge on any atom is 0.307 e. The molecule has 3 fully saturated rings. The van der Waals surface area contributed by atoms with Gasteiger partial charge in [0.05, 0.1) is 12.0 Å². The molecule has 0 heterocycles. The number of aliphatic hydroxyl groups excluding tert-OH is 1. The fourth-order valence-corrected chi connectivity index (χ4v) is 9.23. The van der Waals surface area contributed by atoms with Crippen LogP contribution in [-0.2, 0) is 4.79 Å². The van der Waals surface area contributed by atoms with E-state index in [-0.39, 0.29) is 34.2 Å². The normalized spacial score (nSPS) is 43.5. The van der Waals surface area contributed by atoms with Gasteiger partial charge >= 0.3 is 5.97 Å². The predicted octanol–water partition coefficient (Wildman–Crippen LogP) is 7.26. The monoisotopic (exact) mass is 456 g/mol. The summed E-state index contributed by atoms with van der Waals surface area (Å²) in [7, 11) is 0. The quantitative estimate of drug-likeness (QED) is 0.414. The van der Waals surface area contributed by atoms with Gasteiger partial charge in [-0.1, -0.05) is 58.4 Å². The first-order valence-corrected chi connectivity index (χ1v) is 13.6. The van der Waals surface area contributed by atoms with E-state index in [1.807, 2.05) is 0 Å². The molecule has 3 heteroatoms. The third-order valence-corrected chi connectivity index (χ3v) is 11.6. The molecule has 33 heavy (non-hydrogen) atoms. The molecule has 4 rings (SSSR count). The van der Waals surface area contributed by atoms with Crippen LogP contribution in [0, 0.1) is 51.8 Å². The molecule has 0 aromatic rings. The second-order valence-corrected chi connectivity index (χ2v) is 13.5. The molecule has 3 nitrogen and oxygen atoms in total. The third kappa shape index (κ3) is 3.85. The van der Waals surface area contributed by atoms with Crippen LogP contribution in [0.2, 0.25) is 0 Å². The fraction of sp³-hybridized carbons (Fsp3) is 0.833. The minimum atomic E-state index is -0.611. The van der Waals surface area contributed by atoms with E-state index in [0.29, 0.717) is 23.7 Å².